The van der Waals surface area contributed by atoms with Crippen molar-refractivity contribution in [2.24, 2.45) is 22.6 Å². The molecule has 0 aliphatic heterocycles. The molecule has 0 aliphatic rings. The minimum Gasteiger partial charge on any atom is -0.365 e. The van der Waals surface area contributed by atoms with E-state index in [4.69, 9.17) is 5.73 Å². The topological polar surface area (TPSA) is 205 Å². The van der Waals surface area contributed by atoms with Gasteiger partial charge in [-0.3, -0.25) is 19.6 Å². The van der Waals surface area contributed by atoms with Crippen LogP contribution in [0.1, 0.15) is 38.7 Å². The van der Waals surface area contributed by atoms with Gasteiger partial charge in [0.25, 0.3) is 5.96 Å². The van der Waals surface area contributed by atoms with E-state index in [1.165, 1.54) is 17.5 Å². The van der Waals surface area contributed by atoms with Gasteiger partial charge in [0.2, 0.25) is 18.2 Å². The molecule has 0 saturated heterocycles. The fourth-order valence-electron chi connectivity index (χ4n) is 3.95. The zero-order chi connectivity index (χ0) is 28.8. The van der Waals surface area contributed by atoms with Crippen LogP contribution < -0.4 is 21.8 Å². The van der Waals surface area contributed by atoms with E-state index >= 15 is 0 Å². The van der Waals surface area contributed by atoms with Crippen molar-refractivity contribution in [1.82, 2.24) is 20.8 Å². The van der Waals surface area contributed by atoms with Crippen LogP contribution in [0.3, 0.4) is 0 Å². The van der Waals surface area contributed by atoms with Crippen LogP contribution in [0.5, 0.6) is 0 Å². The first-order valence-electron chi connectivity index (χ1n) is 12.3. The molecule has 39 heavy (non-hydrogen) atoms. The summed E-state index contributed by atoms with van der Waals surface area (Å²) in [4.78, 5) is 56.6. The number of rotatable bonds is 16. The monoisotopic (exact) mass is 562 g/mol. The molecule has 0 spiro atoms. The number of carbonyl (C=O) groups excluding carboxylic acids is 3. The average Bonchev–Trinajstić information content (AvgIpc) is 3.40. The number of hydrazine groups is 1. The predicted molar refractivity (Wildman–Crippen MR) is 145 cm³/mol. The quantitative estimate of drug-likeness (QED) is 0.0382. The molecule has 1 aromatic heterocycles. The highest BCUT2D eigenvalue weighted by Crippen LogP contribution is 2.23. The summed E-state index contributed by atoms with van der Waals surface area (Å²) in [6.07, 6.45) is 2.74. The van der Waals surface area contributed by atoms with Crippen molar-refractivity contribution < 1.29 is 24.6 Å². The molecular weight excluding hydrogens is 528 g/mol. The van der Waals surface area contributed by atoms with Crippen LogP contribution in [0.2, 0.25) is 0 Å². The number of nitrogens with two attached hydrogens (primary N) is 1. The molecule has 0 unspecified atom stereocenters. The van der Waals surface area contributed by atoms with Crippen LogP contribution in [0.15, 0.2) is 46.9 Å². The third-order valence-corrected chi connectivity index (χ3v) is 6.38. The van der Waals surface area contributed by atoms with Gasteiger partial charge in [0.05, 0.1) is 12.0 Å². The first-order chi connectivity index (χ1) is 18.6. The number of nitro groups is 1. The molecule has 15 heteroatoms. The van der Waals surface area contributed by atoms with Crippen molar-refractivity contribution in [1.29, 1.82) is 0 Å². The lowest BCUT2D eigenvalue weighted by atomic mass is 9.85. The second-order valence-corrected chi connectivity index (χ2v) is 10.0. The second kappa shape index (κ2) is 16.0. The van der Waals surface area contributed by atoms with Crippen LogP contribution in [0.4, 0.5) is 5.13 Å². The molecule has 0 radical (unpaired) electrons. The maximum Gasteiger partial charge on any atom is 0.251 e. The van der Waals surface area contributed by atoms with Crippen molar-refractivity contribution in [3.63, 3.8) is 0 Å². The predicted octanol–water partition coefficient (Wildman–Crippen LogP) is 1.56. The Balaban J connectivity index is 2.24. The van der Waals surface area contributed by atoms with Gasteiger partial charge >= 0.3 is 0 Å². The van der Waals surface area contributed by atoms with Gasteiger partial charge in [-0.05, 0) is 37.2 Å². The highest BCUT2D eigenvalue weighted by atomic mass is 32.1. The number of amides is 3. The zero-order valence-corrected chi connectivity index (χ0v) is 22.5. The van der Waals surface area contributed by atoms with Gasteiger partial charge in [0, 0.05) is 18.1 Å². The molecule has 1 aromatic carbocycles. The molecule has 2 rings (SSSR count). The summed E-state index contributed by atoms with van der Waals surface area (Å²) in [7, 11) is 0. The SMILES string of the molecule is CC(C)C[C@@H](C(=O)N[C@@H](CCCN=C(N)N[N+](=O)[O-])C(=O)Nc1nccs1)[C@H](Cc1ccccc1)N(O)C=O. The maximum atomic E-state index is 13.6. The van der Waals surface area contributed by atoms with Crippen molar-refractivity contribution in [2.45, 2.75) is 51.6 Å². The lowest BCUT2D eigenvalue weighted by Gasteiger charge is -2.32. The van der Waals surface area contributed by atoms with Crippen LogP contribution in [0, 0.1) is 22.0 Å². The van der Waals surface area contributed by atoms with E-state index < -0.39 is 34.8 Å². The number of nitrogens with zero attached hydrogens (tertiary/aromatic N) is 4. The molecule has 3 atom stereocenters. The molecule has 0 bridgehead atoms. The summed E-state index contributed by atoms with van der Waals surface area (Å²) in [6.45, 7) is 3.89. The van der Waals surface area contributed by atoms with Gasteiger partial charge in [0.1, 0.15) is 6.04 Å². The Morgan fingerprint density at radius 1 is 1.28 bits per heavy atom. The number of hydrogen-bond acceptors (Lipinski definition) is 9. The summed E-state index contributed by atoms with van der Waals surface area (Å²) in [6, 6.07) is 7.25. The Morgan fingerprint density at radius 3 is 2.59 bits per heavy atom. The first kappa shape index (κ1) is 31.1. The van der Waals surface area contributed by atoms with Gasteiger partial charge < -0.3 is 16.4 Å². The van der Waals surface area contributed by atoms with Crippen molar-refractivity contribution >= 4 is 40.7 Å². The highest BCUT2D eigenvalue weighted by Gasteiger charge is 2.35. The molecule has 6 N–H and O–H groups in total. The molecule has 212 valence electrons. The Morgan fingerprint density at radius 2 is 2.00 bits per heavy atom. The van der Waals surface area contributed by atoms with Gasteiger partial charge in [-0.1, -0.05) is 49.6 Å². The van der Waals surface area contributed by atoms with E-state index in [0.29, 0.717) is 16.6 Å². The molecule has 2 aromatic rings. The summed E-state index contributed by atoms with van der Waals surface area (Å²) in [5.41, 5.74) is 7.99. The summed E-state index contributed by atoms with van der Waals surface area (Å²) < 4.78 is 0. The Labute approximate surface area is 229 Å². The largest absolute Gasteiger partial charge is 0.365 e. The first-order valence-corrected chi connectivity index (χ1v) is 13.2. The van der Waals surface area contributed by atoms with E-state index in [-0.39, 0.29) is 44.1 Å². The lowest BCUT2D eigenvalue weighted by molar-refractivity contribution is -0.525. The molecule has 14 nitrogen and oxygen atoms in total. The number of hydrogen-bond donors (Lipinski definition) is 5. The van der Waals surface area contributed by atoms with Crippen LogP contribution >= 0.6 is 11.3 Å². The van der Waals surface area contributed by atoms with Gasteiger partial charge in [0.15, 0.2) is 10.2 Å². The third kappa shape index (κ3) is 11.0. The summed E-state index contributed by atoms with van der Waals surface area (Å²) >= 11 is 1.21. The van der Waals surface area contributed by atoms with E-state index in [9.17, 15) is 29.7 Å². The normalized spacial score (nSPS) is 13.7. The number of aliphatic imine (C=N–C) groups is 1. The third-order valence-electron chi connectivity index (χ3n) is 5.70. The minimum absolute atomic E-state index is 0.0353. The number of thiazole rings is 1. The highest BCUT2D eigenvalue weighted by molar-refractivity contribution is 7.13. The number of guanidine groups is 1. The standard InChI is InChI=1S/C24H34N8O6S/c1-16(2)13-18(20(31(36)15-33)14-17-7-4-3-5-8-17)21(34)28-19(22(35)29-24-27-11-12-39-24)9-6-10-26-23(25)30-32(37)38/h3-5,7-8,11-12,15-16,18-20,36H,6,9-10,13-14H2,1-2H3,(H,28,34)(H3,25,26,30)(H,27,29,35)/t18-,19+,20+/m1/s1. The number of aromatic nitrogens is 1. The minimum atomic E-state index is -1.02. The number of nitrogens with one attached hydrogen (secondary N) is 3. The van der Waals surface area contributed by atoms with E-state index in [0.717, 1.165) is 5.56 Å². The molecule has 0 saturated carbocycles. The van der Waals surface area contributed by atoms with Crippen molar-refractivity contribution in [3.05, 3.63) is 57.6 Å². The molecular formula is C24H34N8O6S. The fraction of sp³-hybridized carbons (Fsp3) is 0.458. The van der Waals surface area contributed by atoms with Gasteiger partial charge in [-0.25, -0.2) is 25.2 Å². The number of carbonyl (C=O) groups is 3. The molecule has 1 heterocycles. The van der Waals surface area contributed by atoms with Gasteiger partial charge in [-0.2, -0.15) is 0 Å². The summed E-state index contributed by atoms with van der Waals surface area (Å²) in [5, 5.41) is 28.0. The molecule has 0 fully saturated rings. The van der Waals surface area contributed by atoms with Gasteiger partial charge in [-0.15, -0.1) is 11.3 Å². The maximum absolute atomic E-state index is 13.6. The van der Waals surface area contributed by atoms with Crippen molar-refractivity contribution in [3.8, 4) is 0 Å². The zero-order valence-electron chi connectivity index (χ0n) is 21.7. The van der Waals surface area contributed by atoms with Crippen molar-refractivity contribution in [2.75, 3.05) is 11.9 Å². The van der Waals surface area contributed by atoms with Crippen LogP contribution in [-0.4, -0.2) is 63.1 Å². The van der Waals surface area contributed by atoms with E-state index in [2.05, 4.69) is 20.6 Å². The molecule has 0 aliphatic carbocycles. The number of benzene rings is 1. The molecule has 3 amide bonds. The average molecular weight is 563 g/mol. The fourth-order valence-corrected chi connectivity index (χ4v) is 4.48. The summed E-state index contributed by atoms with van der Waals surface area (Å²) in [5.74, 6) is -2.22. The van der Waals surface area contributed by atoms with Crippen LogP contribution in [-0.2, 0) is 20.8 Å². The lowest BCUT2D eigenvalue weighted by Crippen LogP contribution is -2.52. The Bertz CT molecular complexity index is 1100. The Hall–Kier alpha value is -4.11. The Kier molecular flexibility index (Phi) is 12.8. The van der Waals surface area contributed by atoms with E-state index in [1.54, 1.807) is 10.8 Å². The smallest absolute Gasteiger partial charge is 0.251 e. The number of anilines is 1. The number of hydroxylamine groups is 2. The second-order valence-electron chi connectivity index (χ2n) is 9.14. The van der Waals surface area contributed by atoms with Crippen LogP contribution in [0.25, 0.3) is 0 Å². The van der Waals surface area contributed by atoms with E-state index in [1.807, 2.05) is 44.2 Å².